The molecule has 3 nitrogen and oxygen atoms in total. The van der Waals surface area contributed by atoms with Crippen molar-refractivity contribution in [2.75, 3.05) is 13.7 Å². The topological polar surface area (TPSA) is 51.0 Å². The van der Waals surface area contributed by atoms with Crippen molar-refractivity contribution < 1.29 is 4.74 Å². The van der Waals surface area contributed by atoms with Crippen LogP contribution in [0.15, 0.2) is 36.4 Å². The molecule has 0 saturated heterocycles. The van der Waals surface area contributed by atoms with Gasteiger partial charge in [0.1, 0.15) is 5.75 Å². The smallest absolute Gasteiger partial charge is 0.128 e. The van der Waals surface area contributed by atoms with Gasteiger partial charge < -0.3 is 15.5 Å². The first-order valence-corrected chi connectivity index (χ1v) is 10.2. The lowest BCUT2D eigenvalue weighted by atomic mass is 9.94. The Kier molecular flexibility index (Phi) is 6.46. The van der Waals surface area contributed by atoms with Gasteiger partial charge in [0.05, 0.1) is 12.8 Å². The number of hydrogen-bond acceptors (Lipinski definition) is 2. The number of para-hydroxylation sites is 1. The minimum absolute atomic E-state index is 0.498. The van der Waals surface area contributed by atoms with Gasteiger partial charge >= 0.3 is 0 Å². The van der Waals surface area contributed by atoms with Gasteiger partial charge in [-0.3, -0.25) is 0 Å². The average molecular weight is 385 g/mol. The number of ether oxygens (including phenoxy) is 1. The fourth-order valence-electron chi connectivity index (χ4n) is 3.74. The lowest BCUT2D eigenvalue weighted by Gasteiger charge is -2.10. The van der Waals surface area contributed by atoms with Crippen LogP contribution in [0.4, 0.5) is 0 Å². The van der Waals surface area contributed by atoms with Crippen LogP contribution in [0.2, 0.25) is 5.02 Å². The Morgan fingerprint density at radius 3 is 2.70 bits per heavy atom. The Morgan fingerprint density at radius 1 is 1.19 bits per heavy atom. The number of halogens is 1. The lowest BCUT2D eigenvalue weighted by Crippen LogP contribution is -1.99. The molecule has 0 fully saturated rings. The van der Waals surface area contributed by atoms with E-state index in [0.717, 1.165) is 49.2 Å². The average Bonchev–Trinajstić information content (AvgIpc) is 3.06. The monoisotopic (exact) mass is 384 g/mol. The van der Waals surface area contributed by atoms with Crippen molar-refractivity contribution in [1.82, 2.24) is 4.98 Å². The van der Waals surface area contributed by atoms with E-state index < -0.39 is 0 Å². The maximum Gasteiger partial charge on any atom is 0.128 e. The molecular formula is C23H29ClN2O. The van der Waals surface area contributed by atoms with Crippen molar-refractivity contribution >= 4 is 22.5 Å². The Morgan fingerprint density at radius 2 is 2.00 bits per heavy atom. The van der Waals surface area contributed by atoms with E-state index in [4.69, 9.17) is 22.1 Å². The zero-order valence-electron chi connectivity index (χ0n) is 16.4. The molecule has 144 valence electrons. The Bertz CT molecular complexity index is 916. The van der Waals surface area contributed by atoms with E-state index in [2.05, 4.69) is 37.0 Å². The highest BCUT2D eigenvalue weighted by molar-refractivity contribution is 6.31. The summed E-state index contributed by atoms with van der Waals surface area (Å²) < 4.78 is 5.63. The summed E-state index contributed by atoms with van der Waals surface area (Å²) >= 11 is 6.32. The lowest BCUT2D eigenvalue weighted by molar-refractivity contribution is 0.416. The third-order valence-electron chi connectivity index (χ3n) is 5.43. The van der Waals surface area contributed by atoms with E-state index in [1.165, 1.54) is 22.0 Å². The molecule has 0 bridgehead atoms. The minimum atomic E-state index is 0.498. The first kappa shape index (κ1) is 19.8. The van der Waals surface area contributed by atoms with Gasteiger partial charge in [0, 0.05) is 21.5 Å². The SMILES string of the molecule is CCC(C)c1cccc2c(CCCCN)c(-c3cc(Cl)ccc3OC)[nH]c12. The normalized spacial score (nSPS) is 12.5. The molecule has 0 spiro atoms. The van der Waals surface area contributed by atoms with E-state index in [-0.39, 0.29) is 0 Å². The minimum Gasteiger partial charge on any atom is -0.496 e. The van der Waals surface area contributed by atoms with Crippen LogP contribution in [0.1, 0.15) is 50.2 Å². The number of unbranched alkanes of at least 4 members (excludes halogenated alkanes) is 1. The third kappa shape index (κ3) is 3.99. The first-order chi connectivity index (χ1) is 13.1. The quantitative estimate of drug-likeness (QED) is 0.448. The van der Waals surface area contributed by atoms with Crippen molar-refractivity contribution in [2.24, 2.45) is 5.73 Å². The van der Waals surface area contributed by atoms with Gasteiger partial charge in [-0.1, -0.05) is 43.6 Å². The predicted molar refractivity (Wildman–Crippen MR) is 116 cm³/mol. The molecule has 1 heterocycles. The summed E-state index contributed by atoms with van der Waals surface area (Å²) in [6.07, 6.45) is 4.17. The summed E-state index contributed by atoms with van der Waals surface area (Å²) in [4.78, 5) is 3.72. The molecular weight excluding hydrogens is 356 g/mol. The number of nitrogens with two attached hydrogens (primary N) is 1. The van der Waals surface area contributed by atoms with Crippen LogP contribution >= 0.6 is 11.6 Å². The summed E-state index contributed by atoms with van der Waals surface area (Å²) in [7, 11) is 1.70. The van der Waals surface area contributed by atoms with Gasteiger partial charge in [-0.05, 0) is 67.5 Å². The zero-order chi connectivity index (χ0) is 19.4. The third-order valence-corrected chi connectivity index (χ3v) is 5.66. The van der Waals surface area contributed by atoms with Gasteiger partial charge in [0.15, 0.2) is 0 Å². The standard InChI is InChI=1S/C23H29ClN2O/c1-4-15(2)17-9-7-10-19-18(8-5-6-13-25)23(26-22(17)19)20-14-16(24)11-12-21(20)27-3/h7,9-12,14-15,26H,4-6,8,13,25H2,1-3H3. The molecule has 0 aliphatic rings. The second-order valence-electron chi connectivity index (χ2n) is 7.15. The van der Waals surface area contributed by atoms with Crippen LogP contribution in [0.5, 0.6) is 5.75 Å². The van der Waals surface area contributed by atoms with E-state index in [1.54, 1.807) is 7.11 Å². The summed E-state index contributed by atoms with van der Waals surface area (Å²) in [6, 6.07) is 12.4. The van der Waals surface area contributed by atoms with Crippen LogP contribution in [-0.4, -0.2) is 18.6 Å². The van der Waals surface area contributed by atoms with Crippen LogP contribution < -0.4 is 10.5 Å². The number of H-pyrrole nitrogens is 1. The number of hydrogen-bond donors (Lipinski definition) is 2. The number of methoxy groups -OCH3 is 1. The number of aryl methyl sites for hydroxylation is 1. The molecule has 3 N–H and O–H groups in total. The predicted octanol–water partition coefficient (Wildman–Crippen LogP) is 6.29. The van der Waals surface area contributed by atoms with Gasteiger partial charge in [-0.15, -0.1) is 0 Å². The second kappa shape index (κ2) is 8.81. The van der Waals surface area contributed by atoms with Crippen LogP contribution in [0, 0.1) is 0 Å². The molecule has 0 aliphatic carbocycles. The van der Waals surface area contributed by atoms with Crippen molar-refractivity contribution in [2.45, 2.75) is 45.4 Å². The molecule has 0 amide bonds. The summed E-state index contributed by atoms with van der Waals surface area (Å²) in [5.41, 5.74) is 11.8. The highest BCUT2D eigenvalue weighted by Crippen LogP contribution is 2.40. The fourth-order valence-corrected chi connectivity index (χ4v) is 3.91. The van der Waals surface area contributed by atoms with E-state index >= 15 is 0 Å². The molecule has 2 aromatic carbocycles. The number of rotatable bonds is 8. The summed E-state index contributed by atoms with van der Waals surface area (Å²) in [5, 5.41) is 2.00. The van der Waals surface area contributed by atoms with Gasteiger partial charge in [-0.25, -0.2) is 0 Å². The van der Waals surface area contributed by atoms with Crippen molar-refractivity contribution in [1.29, 1.82) is 0 Å². The van der Waals surface area contributed by atoms with Crippen LogP contribution in [0.25, 0.3) is 22.2 Å². The second-order valence-corrected chi connectivity index (χ2v) is 7.58. The highest BCUT2D eigenvalue weighted by Gasteiger charge is 2.19. The Hall–Kier alpha value is -1.97. The molecule has 3 rings (SSSR count). The van der Waals surface area contributed by atoms with Gasteiger partial charge in [-0.2, -0.15) is 0 Å². The first-order valence-electron chi connectivity index (χ1n) is 9.78. The molecule has 4 heteroatoms. The van der Waals surface area contributed by atoms with Crippen molar-refractivity contribution in [3.8, 4) is 17.0 Å². The maximum atomic E-state index is 6.32. The van der Waals surface area contributed by atoms with E-state index in [1.807, 2.05) is 18.2 Å². The molecule has 1 aromatic heterocycles. The largest absolute Gasteiger partial charge is 0.496 e. The van der Waals surface area contributed by atoms with Gasteiger partial charge in [0.2, 0.25) is 0 Å². The zero-order valence-corrected chi connectivity index (χ0v) is 17.2. The molecule has 27 heavy (non-hydrogen) atoms. The molecule has 1 atom stereocenters. The number of nitrogens with one attached hydrogen (secondary N) is 1. The summed E-state index contributed by atoms with van der Waals surface area (Å²) in [6.45, 7) is 5.23. The van der Waals surface area contributed by atoms with Crippen LogP contribution in [0.3, 0.4) is 0 Å². The van der Waals surface area contributed by atoms with E-state index in [0.29, 0.717) is 10.9 Å². The van der Waals surface area contributed by atoms with E-state index in [9.17, 15) is 0 Å². The number of aromatic amines is 1. The molecule has 0 radical (unpaired) electrons. The molecule has 0 saturated carbocycles. The van der Waals surface area contributed by atoms with Crippen LogP contribution in [-0.2, 0) is 6.42 Å². The van der Waals surface area contributed by atoms with Crippen molar-refractivity contribution in [3.63, 3.8) is 0 Å². The number of fused-ring (bicyclic) bond motifs is 1. The Balaban J connectivity index is 2.24. The molecule has 0 aliphatic heterocycles. The highest BCUT2D eigenvalue weighted by atomic mass is 35.5. The Labute approximate surface area is 166 Å². The molecule has 3 aromatic rings. The number of benzene rings is 2. The van der Waals surface area contributed by atoms with Gasteiger partial charge in [0.25, 0.3) is 0 Å². The summed E-state index contributed by atoms with van der Waals surface area (Å²) in [5.74, 6) is 1.33. The van der Waals surface area contributed by atoms with Crippen molar-refractivity contribution in [3.05, 3.63) is 52.5 Å². The maximum absolute atomic E-state index is 6.32. The number of aromatic nitrogens is 1. The molecule has 1 unspecified atom stereocenters. The fraction of sp³-hybridized carbons (Fsp3) is 0.391.